The predicted molar refractivity (Wildman–Crippen MR) is 148 cm³/mol. The lowest BCUT2D eigenvalue weighted by Crippen LogP contribution is -2.33. The Kier molecular flexibility index (Phi) is 8.48. The van der Waals surface area contributed by atoms with Crippen LogP contribution in [0.5, 0.6) is 11.5 Å². The Labute approximate surface area is 224 Å². The first-order chi connectivity index (χ1) is 17.9. The molecular weight excluding hydrogens is 532 g/mol. The Morgan fingerprint density at radius 1 is 0.892 bits per heavy atom. The number of hydrogen-bond acceptors (Lipinski definition) is 5. The Balaban J connectivity index is 1.37. The van der Waals surface area contributed by atoms with Crippen LogP contribution in [0.1, 0.15) is 28.4 Å². The lowest BCUT2D eigenvalue weighted by molar-refractivity contribution is -0.127. The van der Waals surface area contributed by atoms with Crippen LogP contribution in [0.3, 0.4) is 0 Å². The second-order valence-corrected chi connectivity index (χ2v) is 9.19. The number of nitrogens with zero attached hydrogens (tertiary/aromatic N) is 1. The Morgan fingerprint density at radius 2 is 1.57 bits per heavy atom. The second kappa shape index (κ2) is 12.1. The number of amides is 1. The lowest BCUT2D eigenvalue weighted by atomic mass is 10.1. The fraction of sp³-hybridized carbons (Fsp3) is 0.100. The van der Waals surface area contributed by atoms with Crippen LogP contribution in [-0.4, -0.2) is 24.2 Å². The minimum Gasteiger partial charge on any atom is -0.481 e. The monoisotopic (exact) mass is 556 g/mol. The van der Waals surface area contributed by atoms with E-state index in [1.54, 1.807) is 37.3 Å². The van der Waals surface area contributed by atoms with E-state index in [4.69, 9.17) is 9.47 Å². The number of rotatable bonds is 8. The zero-order valence-electron chi connectivity index (χ0n) is 20.4. The number of carbonyl (C=O) groups is 2. The molecule has 1 amide bonds. The summed E-state index contributed by atoms with van der Waals surface area (Å²) in [7, 11) is 0. The summed E-state index contributed by atoms with van der Waals surface area (Å²) in [6.45, 7) is 3.49. The first-order valence-electron chi connectivity index (χ1n) is 11.6. The van der Waals surface area contributed by atoms with Gasteiger partial charge < -0.3 is 9.47 Å². The van der Waals surface area contributed by atoms with Gasteiger partial charge in [-0.3, -0.25) is 4.79 Å². The number of hydrogen-bond donors (Lipinski definition) is 1. The Bertz CT molecular complexity index is 1420. The first-order valence-corrected chi connectivity index (χ1v) is 12.4. The van der Waals surface area contributed by atoms with Gasteiger partial charge >= 0.3 is 5.97 Å². The summed E-state index contributed by atoms with van der Waals surface area (Å²) in [5, 5.41) is 4.04. The number of benzene rings is 4. The topological polar surface area (TPSA) is 77.0 Å². The van der Waals surface area contributed by atoms with Crippen molar-refractivity contribution in [2.45, 2.75) is 20.0 Å². The van der Waals surface area contributed by atoms with E-state index in [0.717, 1.165) is 21.2 Å². The van der Waals surface area contributed by atoms with Crippen molar-refractivity contribution in [2.24, 2.45) is 5.10 Å². The van der Waals surface area contributed by atoms with Crippen LogP contribution in [-0.2, 0) is 4.79 Å². The van der Waals surface area contributed by atoms with Crippen LogP contribution in [0.15, 0.2) is 107 Å². The van der Waals surface area contributed by atoms with Gasteiger partial charge in [0, 0.05) is 10.0 Å². The van der Waals surface area contributed by atoms with Gasteiger partial charge in [0.1, 0.15) is 11.5 Å². The van der Waals surface area contributed by atoms with Crippen LogP contribution in [0, 0.1) is 6.92 Å². The van der Waals surface area contributed by atoms with Crippen molar-refractivity contribution >= 4 is 34.0 Å². The van der Waals surface area contributed by atoms with Gasteiger partial charge in [-0.1, -0.05) is 76.6 Å². The molecule has 0 unspecified atom stereocenters. The summed E-state index contributed by atoms with van der Waals surface area (Å²) in [5.74, 6) is -0.00258. The van der Waals surface area contributed by atoms with Gasteiger partial charge in [0.2, 0.25) is 0 Å². The molecule has 1 N–H and O–H groups in total. The molecule has 6 nitrogen and oxygen atoms in total. The molecule has 0 aromatic heterocycles. The Hall–Kier alpha value is -4.23. The molecule has 4 aromatic rings. The van der Waals surface area contributed by atoms with Crippen molar-refractivity contribution in [3.05, 3.63) is 118 Å². The maximum Gasteiger partial charge on any atom is 0.343 e. The quantitative estimate of drug-likeness (QED) is 0.115. The first kappa shape index (κ1) is 25.9. The highest BCUT2D eigenvalue weighted by molar-refractivity contribution is 9.10. The summed E-state index contributed by atoms with van der Waals surface area (Å²) in [6, 6.07) is 29.9. The van der Waals surface area contributed by atoms with Crippen molar-refractivity contribution in [2.75, 3.05) is 0 Å². The van der Waals surface area contributed by atoms with E-state index in [1.807, 2.05) is 73.7 Å². The molecule has 0 radical (unpaired) electrons. The van der Waals surface area contributed by atoms with E-state index in [2.05, 4.69) is 26.5 Å². The van der Waals surface area contributed by atoms with Crippen molar-refractivity contribution in [3.8, 4) is 22.6 Å². The average Bonchev–Trinajstić information content (AvgIpc) is 2.91. The summed E-state index contributed by atoms with van der Waals surface area (Å²) in [5.41, 5.74) is 6.45. The average molecular weight is 557 g/mol. The van der Waals surface area contributed by atoms with Gasteiger partial charge in [0.15, 0.2) is 6.10 Å². The predicted octanol–water partition coefficient (Wildman–Crippen LogP) is 6.56. The molecule has 0 spiro atoms. The van der Waals surface area contributed by atoms with Crippen molar-refractivity contribution in [3.63, 3.8) is 0 Å². The second-order valence-electron chi connectivity index (χ2n) is 8.27. The number of nitrogens with one attached hydrogen (secondary N) is 1. The fourth-order valence-electron chi connectivity index (χ4n) is 3.54. The summed E-state index contributed by atoms with van der Waals surface area (Å²) in [6.07, 6.45) is 0.644. The largest absolute Gasteiger partial charge is 0.481 e. The molecule has 0 fully saturated rings. The fourth-order valence-corrected chi connectivity index (χ4v) is 3.92. The van der Waals surface area contributed by atoms with Gasteiger partial charge in [-0.05, 0) is 66.9 Å². The van der Waals surface area contributed by atoms with Gasteiger partial charge in [0.25, 0.3) is 5.91 Å². The molecule has 0 aliphatic carbocycles. The number of halogens is 1. The minimum atomic E-state index is -0.777. The van der Waals surface area contributed by atoms with Crippen LogP contribution in [0.4, 0.5) is 0 Å². The van der Waals surface area contributed by atoms with E-state index in [1.165, 1.54) is 6.21 Å². The minimum absolute atomic E-state index is 0.317. The molecule has 0 bridgehead atoms. The number of hydrazone groups is 1. The lowest BCUT2D eigenvalue weighted by Gasteiger charge is -2.13. The summed E-state index contributed by atoms with van der Waals surface area (Å²) < 4.78 is 12.1. The number of ether oxygens (including phenoxy) is 2. The highest BCUT2D eigenvalue weighted by Gasteiger charge is 2.15. The molecular formula is C30H25BrN2O4. The molecule has 0 aliphatic heterocycles. The molecule has 1 atom stereocenters. The van der Waals surface area contributed by atoms with Crippen LogP contribution in [0.25, 0.3) is 11.1 Å². The standard InChI is InChI=1S/C30H25BrN2O4/c1-20-8-6-7-11-27(20)30(35)37-28-17-14-25(31)18-24(28)19-32-33-29(34)21(2)36-26-15-12-23(13-16-26)22-9-4-3-5-10-22/h3-19,21H,1-2H3,(H,33,34)/b32-19-/t21-/m0/s1. The summed E-state index contributed by atoms with van der Waals surface area (Å²) in [4.78, 5) is 25.2. The molecule has 186 valence electrons. The molecule has 37 heavy (non-hydrogen) atoms. The SMILES string of the molecule is Cc1ccccc1C(=O)Oc1ccc(Br)cc1/C=N\NC(=O)[C@H](C)Oc1ccc(-c2ccccc2)cc1. The van der Waals surface area contributed by atoms with Crippen LogP contribution < -0.4 is 14.9 Å². The molecule has 0 saturated heterocycles. The third-order valence-corrected chi connectivity index (χ3v) is 6.05. The molecule has 0 saturated carbocycles. The molecule has 4 aromatic carbocycles. The number of esters is 1. The van der Waals surface area contributed by atoms with E-state index < -0.39 is 18.0 Å². The highest BCUT2D eigenvalue weighted by atomic mass is 79.9. The van der Waals surface area contributed by atoms with Gasteiger partial charge in [0.05, 0.1) is 11.8 Å². The third kappa shape index (κ3) is 6.92. The molecule has 0 aliphatic rings. The highest BCUT2D eigenvalue weighted by Crippen LogP contribution is 2.24. The smallest absolute Gasteiger partial charge is 0.343 e. The molecule has 7 heteroatoms. The Morgan fingerprint density at radius 3 is 2.30 bits per heavy atom. The van der Waals surface area contributed by atoms with E-state index in [9.17, 15) is 9.59 Å². The van der Waals surface area contributed by atoms with Crippen molar-refractivity contribution in [1.82, 2.24) is 5.43 Å². The number of carbonyl (C=O) groups excluding carboxylic acids is 2. The van der Waals surface area contributed by atoms with E-state index in [0.29, 0.717) is 22.6 Å². The van der Waals surface area contributed by atoms with Crippen LogP contribution >= 0.6 is 15.9 Å². The third-order valence-electron chi connectivity index (χ3n) is 5.56. The van der Waals surface area contributed by atoms with Crippen LogP contribution in [0.2, 0.25) is 0 Å². The van der Waals surface area contributed by atoms with E-state index in [-0.39, 0.29) is 0 Å². The van der Waals surface area contributed by atoms with Gasteiger partial charge in [-0.15, -0.1) is 0 Å². The van der Waals surface area contributed by atoms with Crippen molar-refractivity contribution < 1.29 is 19.1 Å². The normalized spacial score (nSPS) is 11.6. The maximum absolute atomic E-state index is 12.7. The van der Waals surface area contributed by atoms with Gasteiger partial charge in [-0.2, -0.15) is 5.10 Å². The zero-order valence-corrected chi connectivity index (χ0v) is 21.9. The molecule has 0 heterocycles. The van der Waals surface area contributed by atoms with Crippen molar-refractivity contribution in [1.29, 1.82) is 0 Å². The molecule has 4 rings (SSSR count). The zero-order chi connectivity index (χ0) is 26.2. The van der Waals surface area contributed by atoms with Gasteiger partial charge in [-0.25, -0.2) is 10.2 Å². The van der Waals surface area contributed by atoms with E-state index >= 15 is 0 Å². The maximum atomic E-state index is 12.7. The summed E-state index contributed by atoms with van der Waals surface area (Å²) >= 11 is 3.41. The number of aryl methyl sites for hydroxylation is 1.